The molecule has 0 saturated carbocycles. The summed E-state index contributed by atoms with van der Waals surface area (Å²) in [4.78, 5) is 0. The molecule has 2 nitrogen and oxygen atoms in total. The van der Waals surface area contributed by atoms with Gasteiger partial charge in [-0.15, -0.1) is 0 Å². The lowest BCUT2D eigenvalue weighted by atomic mass is 10.1. The molecule has 0 radical (unpaired) electrons. The molecule has 1 rings (SSSR count). The minimum atomic E-state index is -0.337. The van der Waals surface area contributed by atoms with Crippen LogP contribution in [0.15, 0.2) is 18.2 Å². The van der Waals surface area contributed by atoms with Crippen LogP contribution in [0, 0.1) is 25.2 Å². The van der Waals surface area contributed by atoms with E-state index in [-0.39, 0.29) is 6.10 Å². The zero-order valence-electron chi connectivity index (χ0n) is 8.87. The SMILES string of the molecule is CCC(C#N)Oc1ccc(C)cc1C. The van der Waals surface area contributed by atoms with Gasteiger partial charge in [-0.2, -0.15) is 5.26 Å². The molecule has 1 atom stereocenters. The van der Waals surface area contributed by atoms with E-state index >= 15 is 0 Å². The maximum atomic E-state index is 8.76. The second-order valence-electron chi connectivity index (χ2n) is 3.41. The molecule has 0 aliphatic carbocycles. The molecule has 0 bridgehead atoms. The third-order valence-electron chi connectivity index (χ3n) is 2.11. The lowest BCUT2D eigenvalue weighted by Gasteiger charge is -2.12. The molecule has 2 heteroatoms. The molecule has 1 aromatic rings. The molecule has 1 unspecified atom stereocenters. The Bertz CT molecular complexity index is 352. The van der Waals surface area contributed by atoms with E-state index in [0.29, 0.717) is 6.42 Å². The van der Waals surface area contributed by atoms with E-state index in [4.69, 9.17) is 10.00 Å². The molecule has 74 valence electrons. The van der Waals surface area contributed by atoms with Gasteiger partial charge in [-0.05, 0) is 31.9 Å². The zero-order chi connectivity index (χ0) is 10.6. The van der Waals surface area contributed by atoms with Gasteiger partial charge in [0.15, 0.2) is 6.10 Å². The van der Waals surface area contributed by atoms with E-state index in [1.807, 2.05) is 32.9 Å². The highest BCUT2D eigenvalue weighted by Gasteiger charge is 2.07. The van der Waals surface area contributed by atoms with Gasteiger partial charge in [0.1, 0.15) is 11.8 Å². The normalized spacial score (nSPS) is 11.9. The molecule has 14 heavy (non-hydrogen) atoms. The smallest absolute Gasteiger partial charge is 0.184 e. The third-order valence-corrected chi connectivity index (χ3v) is 2.11. The van der Waals surface area contributed by atoms with E-state index in [0.717, 1.165) is 11.3 Å². The predicted octanol–water partition coefficient (Wildman–Crippen LogP) is 2.98. The monoisotopic (exact) mass is 189 g/mol. The standard InChI is InChI=1S/C12H15NO/c1-4-11(8-13)14-12-6-5-9(2)7-10(12)3/h5-7,11H,4H2,1-3H3. The molecule has 0 aromatic heterocycles. The minimum absolute atomic E-state index is 0.337. The highest BCUT2D eigenvalue weighted by Crippen LogP contribution is 2.20. The van der Waals surface area contributed by atoms with E-state index in [9.17, 15) is 0 Å². The van der Waals surface area contributed by atoms with E-state index in [2.05, 4.69) is 12.1 Å². The molecule has 0 saturated heterocycles. The van der Waals surface area contributed by atoms with Gasteiger partial charge in [0, 0.05) is 0 Å². The Morgan fingerprint density at radius 1 is 1.43 bits per heavy atom. The fraction of sp³-hybridized carbons (Fsp3) is 0.417. The summed E-state index contributed by atoms with van der Waals surface area (Å²) in [6, 6.07) is 8.09. The van der Waals surface area contributed by atoms with Gasteiger partial charge in [-0.3, -0.25) is 0 Å². The quantitative estimate of drug-likeness (QED) is 0.732. The molecule has 0 spiro atoms. The molecular weight excluding hydrogens is 174 g/mol. The van der Waals surface area contributed by atoms with Gasteiger partial charge in [-0.25, -0.2) is 0 Å². The summed E-state index contributed by atoms with van der Waals surface area (Å²) < 4.78 is 5.54. The summed E-state index contributed by atoms with van der Waals surface area (Å²) in [6.45, 7) is 5.97. The van der Waals surface area contributed by atoms with Crippen LogP contribution in [0.4, 0.5) is 0 Å². The maximum Gasteiger partial charge on any atom is 0.184 e. The Kier molecular flexibility index (Phi) is 3.53. The van der Waals surface area contributed by atoms with Gasteiger partial charge in [0.2, 0.25) is 0 Å². The van der Waals surface area contributed by atoms with Crippen molar-refractivity contribution in [1.82, 2.24) is 0 Å². The Labute approximate surface area is 85.1 Å². The van der Waals surface area contributed by atoms with Gasteiger partial charge in [-0.1, -0.05) is 24.6 Å². The topological polar surface area (TPSA) is 33.0 Å². The van der Waals surface area contributed by atoms with Crippen LogP contribution in [0.3, 0.4) is 0 Å². The van der Waals surface area contributed by atoms with Crippen molar-refractivity contribution in [2.24, 2.45) is 0 Å². The number of hydrogen-bond acceptors (Lipinski definition) is 2. The van der Waals surface area contributed by atoms with Gasteiger partial charge in [0.25, 0.3) is 0 Å². The third kappa shape index (κ3) is 2.50. The first kappa shape index (κ1) is 10.6. The van der Waals surface area contributed by atoms with Crippen LogP contribution in [-0.2, 0) is 0 Å². The van der Waals surface area contributed by atoms with Crippen molar-refractivity contribution in [3.05, 3.63) is 29.3 Å². The predicted molar refractivity (Wildman–Crippen MR) is 56.2 cm³/mol. The van der Waals surface area contributed by atoms with Crippen LogP contribution in [-0.4, -0.2) is 6.10 Å². The Hall–Kier alpha value is -1.49. The van der Waals surface area contributed by atoms with Crippen molar-refractivity contribution < 1.29 is 4.74 Å². The minimum Gasteiger partial charge on any atom is -0.475 e. The fourth-order valence-corrected chi connectivity index (χ4v) is 1.29. The fourth-order valence-electron chi connectivity index (χ4n) is 1.29. The molecule has 1 aromatic carbocycles. The summed E-state index contributed by atoms with van der Waals surface area (Å²) in [5.74, 6) is 0.809. The van der Waals surface area contributed by atoms with Crippen molar-refractivity contribution in [3.63, 3.8) is 0 Å². The molecule has 0 aliphatic heterocycles. The molecule has 0 fully saturated rings. The first-order chi connectivity index (χ1) is 6.67. The molecule has 0 aliphatic rings. The lowest BCUT2D eigenvalue weighted by molar-refractivity contribution is 0.250. The van der Waals surface area contributed by atoms with Crippen LogP contribution < -0.4 is 4.74 Å². The van der Waals surface area contributed by atoms with Crippen molar-refractivity contribution in [3.8, 4) is 11.8 Å². The van der Waals surface area contributed by atoms with Crippen LogP contribution in [0.25, 0.3) is 0 Å². The van der Waals surface area contributed by atoms with Gasteiger partial charge < -0.3 is 4.74 Å². The first-order valence-corrected chi connectivity index (χ1v) is 4.81. The number of benzene rings is 1. The number of nitrogens with zero attached hydrogens (tertiary/aromatic N) is 1. The molecule has 0 N–H and O–H groups in total. The van der Waals surface area contributed by atoms with Gasteiger partial charge >= 0.3 is 0 Å². The van der Waals surface area contributed by atoms with Crippen LogP contribution in [0.1, 0.15) is 24.5 Å². The van der Waals surface area contributed by atoms with Crippen molar-refractivity contribution in [2.75, 3.05) is 0 Å². The van der Waals surface area contributed by atoms with Crippen LogP contribution >= 0.6 is 0 Å². The summed E-state index contributed by atoms with van der Waals surface area (Å²) in [6.07, 6.45) is 0.375. The van der Waals surface area contributed by atoms with E-state index in [1.165, 1.54) is 5.56 Å². The average Bonchev–Trinajstić information content (AvgIpc) is 2.17. The van der Waals surface area contributed by atoms with Crippen LogP contribution in [0.5, 0.6) is 5.75 Å². The summed E-state index contributed by atoms with van der Waals surface area (Å²) in [7, 11) is 0. The van der Waals surface area contributed by atoms with Crippen molar-refractivity contribution in [1.29, 1.82) is 5.26 Å². The number of rotatable bonds is 3. The number of nitriles is 1. The summed E-state index contributed by atoms with van der Waals surface area (Å²) >= 11 is 0. The maximum absolute atomic E-state index is 8.76. The van der Waals surface area contributed by atoms with Crippen molar-refractivity contribution >= 4 is 0 Å². The van der Waals surface area contributed by atoms with Crippen LogP contribution in [0.2, 0.25) is 0 Å². The lowest BCUT2D eigenvalue weighted by Crippen LogP contribution is -2.12. The highest BCUT2D eigenvalue weighted by molar-refractivity contribution is 5.36. The second-order valence-corrected chi connectivity index (χ2v) is 3.41. The number of aryl methyl sites for hydroxylation is 2. The first-order valence-electron chi connectivity index (χ1n) is 4.81. The summed E-state index contributed by atoms with van der Waals surface area (Å²) in [5.41, 5.74) is 2.29. The number of hydrogen-bond donors (Lipinski definition) is 0. The molecular formula is C12H15NO. The molecule has 0 heterocycles. The largest absolute Gasteiger partial charge is 0.475 e. The van der Waals surface area contributed by atoms with Crippen molar-refractivity contribution in [2.45, 2.75) is 33.3 Å². The average molecular weight is 189 g/mol. The van der Waals surface area contributed by atoms with E-state index < -0.39 is 0 Å². The number of ether oxygens (including phenoxy) is 1. The summed E-state index contributed by atoms with van der Waals surface area (Å²) in [5, 5.41) is 8.76. The Morgan fingerprint density at radius 3 is 2.64 bits per heavy atom. The Balaban J connectivity index is 2.82. The second kappa shape index (κ2) is 4.66. The van der Waals surface area contributed by atoms with Gasteiger partial charge in [0.05, 0.1) is 0 Å². The zero-order valence-corrected chi connectivity index (χ0v) is 8.87. The van der Waals surface area contributed by atoms with E-state index in [1.54, 1.807) is 0 Å². The molecule has 0 amide bonds. The highest BCUT2D eigenvalue weighted by atomic mass is 16.5. The Morgan fingerprint density at radius 2 is 2.14 bits per heavy atom.